The van der Waals surface area contributed by atoms with Gasteiger partial charge in [0.05, 0.1) is 17.7 Å². The molecule has 1 saturated heterocycles. The number of likely N-dealkylation sites (tertiary alicyclic amines) is 1. The molecule has 1 aromatic carbocycles. The Bertz CT molecular complexity index is 433. The Morgan fingerprint density at radius 2 is 2.24 bits per heavy atom. The number of hydrogen-bond donors (Lipinski definition) is 1. The standard InChI is InChI=1S/C14H19N3/c1-10(2)17-7-6-13(16)14(17)12-5-3-4-11(8-12)9-15/h3-5,8,10,13-14H,6-7,16H2,1-2H3. The zero-order valence-electron chi connectivity index (χ0n) is 10.4. The molecule has 2 N–H and O–H groups in total. The lowest BCUT2D eigenvalue weighted by atomic mass is 9.98. The van der Waals surface area contributed by atoms with E-state index in [2.05, 4.69) is 30.9 Å². The van der Waals surface area contributed by atoms with Crippen LogP contribution in [0.3, 0.4) is 0 Å². The van der Waals surface area contributed by atoms with Crippen molar-refractivity contribution in [2.75, 3.05) is 6.54 Å². The Kier molecular flexibility index (Phi) is 3.46. The highest BCUT2D eigenvalue weighted by Gasteiger charge is 2.34. The van der Waals surface area contributed by atoms with Crippen LogP contribution in [-0.2, 0) is 0 Å². The summed E-state index contributed by atoms with van der Waals surface area (Å²) < 4.78 is 0. The highest BCUT2D eigenvalue weighted by atomic mass is 15.2. The van der Waals surface area contributed by atoms with E-state index < -0.39 is 0 Å². The molecular weight excluding hydrogens is 210 g/mol. The SMILES string of the molecule is CC(C)N1CCC(N)C1c1cccc(C#N)c1. The van der Waals surface area contributed by atoms with Crippen molar-refractivity contribution >= 4 is 0 Å². The van der Waals surface area contributed by atoms with Crippen molar-refractivity contribution in [3.05, 3.63) is 35.4 Å². The maximum atomic E-state index is 8.95. The Morgan fingerprint density at radius 3 is 2.88 bits per heavy atom. The van der Waals surface area contributed by atoms with Crippen LogP contribution in [0.5, 0.6) is 0 Å². The highest BCUT2D eigenvalue weighted by molar-refractivity contribution is 5.35. The third kappa shape index (κ3) is 2.33. The average molecular weight is 229 g/mol. The molecule has 2 unspecified atom stereocenters. The molecule has 17 heavy (non-hydrogen) atoms. The van der Waals surface area contributed by atoms with Gasteiger partial charge in [-0.25, -0.2) is 0 Å². The van der Waals surface area contributed by atoms with Crippen molar-refractivity contribution in [1.82, 2.24) is 4.90 Å². The molecule has 1 heterocycles. The Balaban J connectivity index is 2.33. The van der Waals surface area contributed by atoms with E-state index in [1.54, 1.807) is 0 Å². The van der Waals surface area contributed by atoms with Gasteiger partial charge in [0.1, 0.15) is 0 Å². The number of rotatable bonds is 2. The summed E-state index contributed by atoms with van der Waals surface area (Å²) in [7, 11) is 0. The van der Waals surface area contributed by atoms with Crippen molar-refractivity contribution in [1.29, 1.82) is 5.26 Å². The quantitative estimate of drug-likeness (QED) is 0.844. The minimum absolute atomic E-state index is 0.173. The highest BCUT2D eigenvalue weighted by Crippen LogP contribution is 2.32. The van der Waals surface area contributed by atoms with Crippen molar-refractivity contribution in [3.8, 4) is 6.07 Å². The molecule has 1 aliphatic heterocycles. The Hall–Kier alpha value is -1.37. The van der Waals surface area contributed by atoms with E-state index in [0.29, 0.717) is 11.6 Å². The lowest BCUT2D eigenvalue weighted by Crippen LogP contribution is -2.35. The van der Waals surface area contributed by atoms with Crippen LogP contribution in [0.4, 0.5) is 0 Å². The zero-order chi connectivity index (χ0) is 12.4. The first-order valence-corrected chi connectivity index (χ1v) is 6.15. The molecule has 2 atom stereocenters. The second-order valence-electron chi connectivity index (χ2n) is 4.97. The molecule has 2 rings (SSSR count). The van der Waals surface area contributed by atoms with E-state index in [0.717, 1.165) is 13.0 Å². The first-order chi connectivity index (χ1) is 8.13. The summed E-state index contributed by atoms with van der Waals surface area (Å²) in [4.78, 5) is 2.42. The fourth-order valence-electron chi connectivity index (χ4n) is 2.65. The molecule has 90 valence electrons. The molecule has 0 spiro atoms. The van der Waals surface area contributed by atoms with Gasteiger partial charge in [-0.3, -0.25) is 4.90 Å². The summed E-state index contributed by atoms with van der Waals surface area (Å²) in [5.41, 5.74) is 8.09. The lowest BCUT2D eigenvalue weighted by Gasteiger charge is -2.30. The van der Waals surface area contributed by atoms with Gasteiger partial charge in [-0.15, -0.1) is 0 Å². The van der Waals surface area contributed by atoms with Crippen molar-refractivity contribution in [3.63, 3.8) is 0 Å². The molecule has 3 heteroatoms. The molecule has 0 aromatic heterocycles. The van der Waals surface area contributed by atoms with E-state index in [1.807, 2.05) is 18.2 Å². The fourth-order valence-corrected chi connectivity index (χ4v) is 2.65. The van der Waals surface area contributed by atoms with Gasteiger partial charge in [0.15, 0.2) is 0 Å². The second-order valence-corrected chi connectivity index (χ2v) is 4.97. The zero-order valence-corrected chi connectivity index (χ0v) is 10.4. The van der Waals surface area contributed by atoms with E-state index in [9.17, 15) is 0 Å². The second kappa shape index (κ2) is 4.87. The molecule has 0 saturated carbocycles. The smallest absolute Gasteiger partial charge is 0.0991 e. The van der Waals surface area contributed by atoms with Gasteiger partial charge in [-0.2, -0.15) is 5.26 Å². The van der Waals surface area contributed by atoms with Crippen LogP contribution in [0.25, 0.3) is 0 Å². The van der Waals surface area contributed by atoms with Gasteiger partial charge in [0.2, 0.25) is 0 Å². The maximum absolute atomic E-state index is 8.95. The molecular formula is C14H19N3. The molecule has 0 amide bonds. The summed E-state index contributed by atoms with van der Waals surface area (Å²) in [6.45, 7) is 5.43. The van der Waals surface area contributed by atoms with Gasteiger partial charge < -0.3 is 5.73 Å². The molecule has 0 aliphatic carbocycles. The minimum atomic E-state index is 0.173. The van der Waals surface area contributed by atoms with Crippen molar-refractivity contribution in [2.45, 2.75) is 38.4 Å². The van der Waals surface area contributed by atoms with Crippen LogP contribution in [-0.4, -0.2) is 23.5 Å². The number of nitrogens with two attached hydrogens (primary N) is 1. The van der Waals surface area contributed by atoms with Gasteiger partial charge in [-0.05, 0) is 38.0 Å². The van der Waals surface area contributed by atoms with Crippen LogP contribution in [0.2, 0.25) is 0 Å². The summed E-state index contributed by atoms with van der Waals surface area (Å²) in [5.74, 6) is 0. The third-order valence-electron chi connectivity index (χ3n) is 3.50. The van der Waals surface area contributed by atoms with Crippen LogP contribution >= 0.6 is 0 Å². The van der Waals surface area contributed by atoms with Gasteiger partial charge >= 0.3 is 0 Å². The van der Waals surface area contributed by atoms with Crippen molar-refractivity contribution < 1.29 is 0 Å². The van der Waals surface area contributed by atoms with E-state index in [-0.39, 0.29) is 12.1 Å². The number of benzene rings is 1. The van der Waals surface area contributed by atoms with Gasteiger partial charge in [0, 0.05) is 18.6 Å². The number of nitrogens with zero attached hydrogens (tertiary/aromatic N) is 2. The summed E-state index contributed by atoms with van der Waals surface area (Å²) in [6.07, 6.45) is 1.03. The van der Waals surface area contributed by atoms with Crippen LogP contribution in [0, 0.1) is 11.3 Å². The number of hydrogen-bond acceptors (Lipinski definition) is 3. The predicted octanol–water partition coefficient (Wildman–Crippen LogP) is 2.04. The predicted molar refractivity (Wildman–Crippen MR) is 68.3 cm³/mol. The van der Waals surface area contributed by atoms with Gasteiger partial charge in [-0.1, -0.05) is 12.1 Å². The molecule has 0 radical (unpaired) electrons. The average Bonchev–Trinajstić information content (AvgIpc) is 2.71. The molecule has 1 aliphatic rings. The summed E-state index contributed by atoms with van der Waals surface area (Å²) in [6, 6.07) is 10.9. The maximum Gasteiger partial charge on any atom is 0.0991 e. The van der Waals surface area contributed by atoms with Crippen LogP contribution < -0.4 is 5.73 Å². The Labute approximate surface area is 103 Å². The van der Waals surface area contributed by atoms with Gasteiger partial charge in [0.25, 0.3) is 0 Å². The van der Waals surface area contributed by atoms with Crippen molar-refractivity contribution in [2.24, 2.45) is 5.73 Å². The van der Waals surface area contributed by atoms with E-state index in [1.165, 1.54) is 5.56 Å². The molecule has 1 fully saturated rings. The Morgan fingerprint density at radius 1 is 1.47 bits per heavy atom. The van der Waals surface area contributed by atoms with E-state index in [4.69, 9.17) is 11.0 Å². The number of nitriles is 1. The molecule has 3 nitrogen and oxygen atoms in total. The first-order valence-electron chi connectivity index (χ1n) is 6.15. The first kappa shape index (κ1) is 12.1. The summed E-state index contributed by atoms with van der Waals surface area (Å²) in [5, 5.41) is 8.95. The van der Waals surface area contributed by atoms with Crippen LogP contribution in [0.1, 0.15) is 37.4 Å². The topological polar surface area (TPSA) is 53.0 Å². The fraction of sp³-hybridized carbons (Fsp3) is 0.500. The molecule has 1 aromatic rings. The van der Waals surface area contributed by atoms with E-state index >= 15 is 0 Å². The largest absolute Gasteiger partial charge is 0.326 e. The monoisotopic (exact) mass is 229 g/mol. The summed E-state index contributed by atoms with van der Waals surface area (Å²) >= 11 is 0. The normalized spacial score (nSPS) is 25.1. The third-order valence-corrected chi connectivity index (χ3v) is 3.50. The minimum Gasteiger partial charge on any atom is -0.326 e. The molecule has 0 bridgehead atoms. The lowest BCUT2D eigenvalue weighted by molar-refractivity contribution is 0.198. The van der Waals surface area contributed by atoms with Crippen LogP contribution in [0.15, 0.2) is 24.3 Å².